The lowest BCUT2D eigenvalue weighted by atomic mass is 9.82. The molecule has 2 aliphatic rings. The van der Waals surface area contributed by atoms with Gasteiger partial charge in [-0.15, -0.1) is 0 Å². The van der Waals surface area contributed by atoms with Crippen LogP contribution in [0.15, 0.2) is 66.7 Å². The van der Waals surface area contributed by atoms with Crippen molar-refractivity contribution in [1.29, 1.82) is 0 Å². The molecule has 0 radical (unpaired) electrons. The molecule has 1 N–H and O–H groups in total. The van der Waals surface area contributed by atoms with Crippen molar-refractivity contribution in [3.8, 4) is 0 Å². The van der Waals surface area contributed by atoms with Crippen molar-refractivity contribution in [2.75, 3.05) is 5.32 Å². The second kappa shape index (κ2) is 3.98. The first-order chi connectivity index (χ1) is 10.4. The van der Waals surface area contributed by atoms with E-state index in [0.717, 1.165) is 0 Å². The number of hydrogen-bond acceptors (Lipinski definition) is 1. The zero-order chi connectivity index (χ0) is 13.8. The van der Waals surface area contributed by atoms with E-state index < -0.39 is 0 Å². The summed E-state index contributed by atoms with van der Waals surface area (Å²) in [5.74, 6) is 0.431. The molecule has 1 heteroatoms. The van der Waals surface area contributed by atoms with Crippen LogP contribution < -0.4 is 5.32 Å². The number of benzene rings is 3. The molecule has 0 amide bonds. The van der Waals surface area contributed by atoms with Gasteiger partial charge in [0.05, 0.1) is 6.04 Å². The van der Waals surface area contributed by atoms with Gasteiger partial charge in [-0.2, -0.15) is 0 Å². The SMILES string of the molecule is C1=CC2c3c(ccc4ccccc34)NC2c2ccccc21. The molecule has 1 nitrogen and oxygen atoms in total. The largest absolute Gasteiger partial charge is 0.377 e. The standard InChI is InChI=1S/C20H15N/c1-3-7-15-13(5-1)10-12-18-19(15)17-11-9-14-6-2-4-8-16(14)20(17)21-18/h1-12,17,20-21H. The van der Waals surface area contributed by atoms with Gasteiger partial charge in [-0.3, -0.25) is 0 Å². The molecule has 5 rings (SSSR count). The zero-order valence-corrected chi connectivity index (χ0v) is 11.6. The van der Waals surface area contributed by atoms with E-state index in [1.807, 2.05) is 0 Å². The Morgan fingerprint density at radius 2 is 1.67 bits per heavy atom. The van der Waals surface area contributed by atoms with Crippen LogP contribution in [0.4, 0.5) is 5.69 Å². The van der Waals surface area contributed by atoms with E-state index in [4.69, 9.17) is 0 Å². The van der Waals surface area contributed by atoms with Crippen molar-refractivity contribution in [2.45, 2.75) is 12.0 Å². The molecular weight excluding hydrogens is 254 g/mol. The average Bonchev–Trinajstić information content (AvgIpc) is 2.94. The minimum absolute atomic E-state index is 0.368. The quantitative estimate of drug-likeness (QED) is 0.597. The second-order valence-electron chi connectivity index (χ2n) is 5.88. The van der Waals surface area contributed by atoms with E-state index in [1.54, 1.807) is 0 Å². The molecule has 100 valence electrons. The average molecular weight is 269 g/mol. The molecular formula is C20H15N. The predicted molar refractivity (Wildman–Crippen MR) is 88.5 cm³/mol. The highest BCUT2D eigenvalue weighted by molar-refractivity contribution is 5.93. The lowest BCUT2D eigenvalue weighted by Gasteiger charge is -2.24. The Hall–Kier alpha value is -2.54. The van der Waals surface area contributed by atoms with Gasteiger partial charge in [-0.05, 0) is 33.5 Å². The third-order valence-corrected chi connectivity index (χ3v) is 4.79. The second-order valence-corrected chi connectivity index (χ2v) is 5.88. The van der Waals surface area contributed by atoms with E-state index in [-0.39, 0.29) is 0 Å². The molecule has 0 saturated heterocycles. The fraction of sp³-hybridized carbons (Fsp3) is 0.100. The summed E-state index contributed by atoms with van der Waals surface area (Å²) in [4.78, 5) is 0. The van der Waals surface area contributed by atoms with Gasteiger partial charge in [0.2, 0.25) is 0 Å². The summed E-state index contributed by atoms with van der Waals surface area (Å²) in [6.45, 7) is 0. The Morgan fingerprint density at radius 3 is 2.67 bits per heavy atom. The summed E-state index contributed by atoms with van der Waals surface area (Å²) in [5, 5.41) is 6.43. The Bertz CT molecular complexity index is 891. The van der Waals surface area contributed by atoms with Crippen LogP contribution >= 0.6 is 0 Å². The van der Waals surface area contributed by atoms with Crippen molar-refractivity contribution >= 4 is 22.5 Å². The summed E-state index contributed by atoms with van der Waals surface area (Å²) >= 11 is 0. The van der Waals surface area contributed by atoms with Crippen LogP contribution in [0.5, 0.6) is 0 Å². The number of hydrogen-bond donors (Lipinski definition) is 1. The molecule has 21 heavy (non-hydrogen) atoms. The highest BCUT2D eigenvalue weighted by Crippen LogP contribution is 2.50. The number of anilines is 1. The third kappa shape index (κ3) is 1.46. The van der Waals surface area contributed by atoms with Gasteiger partial charge in [0.1, 0.15) is 0 Å². The van der Waals surface area contributed by atoms with E-state index in [1.165, 1.54) is 33.2 Å². The van der Waals surface area contributed by atoms with E-state index in [2.05, 4.69) is 78.1 Å². The molecule has 1 heterocycles. The molecule has 0 aromatic heterocycles. The van der Waals surface area contributed by atoms with Crippen molar-refractivity contribution < 1.29 is 0 Å². The van der Waals surface area contributed by atoms with Crippen LogP contribution in [0.3, 0.4) is 0 Å². The van der Waals surface area contributed by atoms with E-state index in [0.29, 0.717) is 12.0 Å². The molecule has 3 aromatic rings. The molecule has 3 aromatic carbocycles. The van der Waals surface area contributed by atoms with Crippen molar-refractivity contribution in [1.82, 2.24) is 0 Å². The smallest absolute Gasteiger partial charge is 0.0624 e. The monoisotopic (exact) mass is 269 g/mol. The summed E-state index contributed by atoms with van der Waals surface area (Å²) in [5.41, 5.74) is 5.47. The van der Waals surface area contributed by atoms with Gasteiger partial charge >= 0.3 is 0 Å². The Balaban J connectivity index is 1.77. The van der Waals surface area contributed by atoms with Gasteiger partial charge < -0.3 is 5.32 Å². The maximum atomic E-state index is 3.73. The fourth-order valence-corrected chi connectivity index (χ4v) is 3.84. The van der Waals surface area contributed by atoms with Gasteiger partial charge in [-0.1, -0.05) is 66.7 Å². The van der Waals surface area contributed by atoms with Crippen molar-refractivity contribution in [3.63, 3.8) is 0 Å². The first-order valence-corrected chi connectivity index (χ1v) is 7.47. The summed E-state index contributed by atoms with van der Waals surface area (Å²) in [6, 6.07) is 22.2. The molecule has 2 atom stereocenters. The minimum Gasteiger partial charge on any atom is -0.377 e. The first kappa shape index (κ1) is 11.2. The Labute approximate surface area is 123 Å². The van der Waals surface area contributed by atoms with Crippen LogP contribution in [0.1, 0.15) is 28.7 Å². The molecule has 1 aliphatic heterocycles. The molecule has 0 bridgehead atoms. The summed E-state index contributed by atoms with van der Waals surface area (Å²) < 4.78 is 0. The topological polar surface area (TPSA) is 12.0 Å². The Morgan fingerprint density at radius 1 is 0.810 bits per heavy atom. The third-order valence-electron chi connectivity index (χ3n) is 4.79. The highest BCUT2D eigenvalue weighted by Gasteiger charge is 2.35. The molecule has 0 spiro atoms. The van der Waals surface area contributed by atoms with Crippen LogP contribution in [0, 0.1) is 0 Å². The van der Waals surface area contributed by atoms with Crippen LogP contribution in [-0.4, -0.2) is 0 Å². The van der Waals surface area contributed by atoms with Crippen LogP contribution in [0.2, 0.25) is 0 Å². The Kier molecular flexibility index (Phi) is 2.12. The molecule has 0 fully saturated rings. The van der Waals surface area contributed by atoms with Crippen molar-refractivity contribution in [2.24, 2.45) is 0 Å². The van der Waals surface area contributed by atoms with Gasteiger partial charge in [0.25, 0.3) is 0 Å². The summed E-state index contributed by atoms with van der Waals surface area (Å²) in [7, 11) is 0. The first-order valence-electron chi connectivity index (χ1n) is 7.47. The fourth-order valence-electron chi connectivity index (χ4n) is 3.84. The maximum absolute atomic E-state index is 3.73. The number of rotatable bonds is 0. The zero-order valence-electron chi connectivity index (χ0n) is 11.6. The lowest BCUT2D eigenvalue weighted by molar-refractivity contribution is 0.729. The van der Waals surface area contributed by atoms with Gasteiger partial charge in [0.15, 0.2) is 0 Å². The molecule has 0 saturated carbocycles. The van der Waals surface area contributed by atoms with Crippen molar-refractivity contribution in [3.05, 3.63) is 83.4 Å². The number of fused-ring (bicyclic) bond motifs is 7. The maximum Gasteiger partial charge on any atom is 0.0624 e. The van der Waals surface area contributed by atoms with E-state index >= 15 is 0 Å². The minimum atomic E-state index is 0.368. The van der Waals surface area contributed by atoms with Gasteiger partial charge in [-0.25, -0.2) is 0 Å². The summed E-state index contributed by atoms with van der Waals surface area (Å²) in [6.07, 6.45) is 4.63. The molecule has 2 unspecified atom stereocenters. The highest BCUT2D eigenvalue weighted by atomic mass is 15.0. The van der Waals surface area contributed by atoms with E-state index in [9.17, 15) is 0 Å². The number of nitrogens with one attached hydrogen (secondary N) is 1. The molecule has 1 aliphatic carbocycles. The van der Waals surface area contributed by atoms with Crippen LogP contribution in [-0.2, 0) is 0 Å². The predicted octanol–water partition coefficient (Wildman–Crippen LogP) is 5.12. The lowest BCUT2D eigenvalue weighted by Crippen LogP contribution is -2.14. The van der Waals surface area contributed by atoms with Gasteiger partial charge in [0, 0.05) is 11.6 Å². The van der Waals surface area contributed by atoms with Crippen LogP contribution in [0.25, 0.3) is 16.8 Å². The normalized spacial score (nSPS) is 21.5.